The van der Waals surface area contributed by atoms with E-state index in [0.717, 1.165) is 6.08 Å². The van der Waals surface area contributed by atoms with E-state index in [1.54, 1.807) is 0 Å². The third-order valence-corrected chi connectivity index (χ3v) is 1.69. The highest BCUT2D eigenvalue weighted by atomic mass is 19.1. The summed E-state index contributed by atoms with van der Waals surface area (Å²) in [5.74, 6) is -2.19. The van der Waals surface area contributed by atoms with E-state index < -0.39 is 28.3 Å². The topological polar surface area (TPSA) is 80.4 Å². The SMILES string of the molecule is O=C(O)C1=CC(F)=CCC1[N+](=O)[O-]. The third-order valence-electron chi connectivity index (χ3n) is 1.69. The van der Waals surface area contributed by atoms with Crippen LogP contribution in [0.15, 0.2) is 23.6 Å². The molecule has 0 radical (unpaired) electrons. The van der Waals surface area contributed by atoms with Crippen LogP contribution in [0.1, 0.15) is 6.42 Å². The van der Waals surface area contributed by atoms with Crippen molar-refractivity contribution in [3.63, 3.8) is 0 Å². The third kappa shape index (κ3) is 1.90. The molecule has 0 aromatic rings. The fraction of sp³-hybridized carbons (Fsp3) is 0.286. The minimum atomic E-state index is -1.45. The molecular weight excluding hydrogens is 181 g/mol. The van der Waals surface area contributed by atoms with Crippen molar-refractivity contribution >= 4 is 5.97 Å². The highest BCUT2D eigenvalue weighted by Crippen LogP contribution is 2.20. The quantitative estimate of drug-likeness (QED) is 0.514. The molecule has 0 spiro atoms. The number of carbonyl (C=O) groups is 1. The summed E-state index contributed by atoms with van der Waals surface area (Å²) in [6.07, 6.45) is 1.47. The lowest BCUT2D eigenvalue weighted by molar-refractivity contribution is -0.510. The van der Waals surface area contributed by atoms with Crippen LogP contribution in [0.5, 0.6) is 0 Å². The lowest BCUT2D eigenvalue weighted by Gasteiger charge is -2.11. The minimum absolute atomic E-state index is 0.211. The number of carboxylic acids is 1. The van der Waals surface area contributed by atoms with E-state index in [2.05, 4.69) is 0 Å². The van der Waals surface area contributed by atoms with Gasteiger partial charge in [-0.1, -0.05) is 0 Å². The second-order valence-corrected chi connectivity index (χ2v) is 2.53. The predicted octanol–water partition coefficient (Wildman–Crippen LogP) is 0.900. The van der Waals surface area contributed by atoms with Crippen molar-refractivity contribution in [2.75, 3.05) is 0 Å². The molecule has 0 saturated carbocycles. The molecule has 0 bridgehead atoms. The van der Waals surface area contributed by atoms with Gasteiger partial charge in [0.15, 0.2) is 0 Å². The highest BCUT2D eigenvalue weighted by Gasteiger charge is 2.32. The van der Waals surface area contributed by atoms with Crippen LogP contribution in [0.4, 0.5) is 4.39 Å². The number of nitro groups is 1. The summed E-state index contributed by atoms with van der Waals surface area (Å²) in [7, 11) is 0. The molecule has 0 aliphatic heterocycles. The molecule has 0 aromatic carbocycles. The standard InChI is InChI=1S/C7H6FNO4/c8-4-1-2-6(9(12)13)5(3-4)7(10)11/h1,3,6H,2H2,(H,10,11). The largest absolute Gasteiger partial charge is 0.478 e. The van der Waals surface area contributed by atoms with Crippen LogP contribution in [0.3, 0.4) is 0 Å². The van der Waals surface area contributed by atoms with Crippen molar-refractivity contribution in [3.05, 3.63) is 33.7 Å². The molecule has 0 fully saturated rings. The second kappa shape index (κ2) is 3.34. The average molecular weight is 187 g/mol. The van der Waals surface area contributed by atoms with E-state index >= 15 is 0 Å². The van der Waals surface area contributed by atoms with Crippen molar-refractivity contribution in [1.82, 2.24) is 0 Å². The van der Waals surface area contributed by atoms with Crippen LogP contribution in [0.25, 0.3) is 0 Å². The van der Waals surface area contributed by atoms with Gasteiger partial charge in [0.25, 0.3) is 0 Å². The van der Waals surface area contributed by atoms with Crippen LogP contribution < -0.4 is 0 Å². The maximum absolute atomic E-state index is 12.5. The maximum Gasteiger partial charge on any atom is 0.338 e. The number of allylic oxidation sites excluding steroid dienone is 2. The smallest absolute Gasteiger partial charge is 0.338 e. The van der Waals surface area contributed by atoms with Gasteiger partial charge in [-0.2, -0.15) is 0 Å². The Morgan fingerprint density at radius 1 is 1.77 bits per heavy atom. The first kappa shape index (κ1) is 9.37. The minimum Gasteiger partial charge on any atom is -0.478 e. The summed E-state index contributed by atoms with van der Waals surface area (Å²) >= 11 is 0. The molecule has 13 heavy (non-hydrogen) atoms. The van der Waals surface area contributed by atoms with E-state index in [-0.39, 0.29) is 6.42 Å². The Morgan fingerprint density at radius 2 is 2.38 bits per heavy atom. The fourth-order valence-corrected chi connectivity index (χ4v) is 1.06. The molecule has 5 nitrogen and oxygen atoms in total. The number of hydrogen-bond donors (Lipinski definition) is 1. The van der Waals surface area contributed by atoms with Gasteiger partial charge in [0, 0.05) is 11.3 Å². The molecule has 1 rings (SSSR count). The van der Waals surface area contributed by atoms with Crippen molar-refractivity contribution < 1.29 is 19.2 Å². The van der Waals surface area contributed by atoms with Gasteiger partial charge < -0.3 is 5.11 Å². The van der Waals surface area contributed by atoms with Gasteiger partial charge in [0.1, 0.15) is 11.4 Å². The summed E-state index contributed by atoms with van der Waals surface area (Å²) < 4.78 is 12.5. The summed E-state index contributed by atoms with van der Waals surface area (Å²) in [6.45, 7) is 0. The number of carboxylic acid groups (broad SMARTS) is 1. The summed E-state index contributed by atoms with van der Waals surface area (Å²) in [5, 5.41) is 18.8. The van der Waals surface area contributed by atoms with Crippen molar-refractivity contribution in [2.24, 2.45) is 0 Å². The number of halogens is 1. The lowest BCUT2D eigenvalue weighted by atomic mass is 9.99. The van der Waals surface area contributed by atoms with Gasteiger partial charge >= 0.3 is 5.97 Å². The lowest BCUT2D eigenvalue weighted by Crippen LogP contribution is -2.27. The molecule has 1 N–H and O–H groups in total. The molecule has 70 valence electrons. The van der Waals surface area contributed by atoms with E-state index in [0.29, 0.717) is 6.08 Å². The van der Waals surface area contributed by atoms with E-state index in [1.165, 1.54) is 0 Å². The van der Waals surface area contributed by atoms with Gasteiger partial charge in [-0.05, 0) is 12.2 Å². The monoisotopic (exact) mass is 187 g/mol. The first-order valence-electron chi connectivity index (χ1n) is 3.46. The molecule has 6 heteroatoms. The summed E-state index contributed by atoms with van der Waals surface area (Å²) in [5.41, 5.74) is -0.509. The Hall–Kier alpha value is -1.72. The molecule has 1 aliphatic rings. The van der Waals surface area contributed by atoms with Crippen molar-refractivity contribution in [3.8, 4) is 0 Å². The number of hydrogen-bond acceptors (Lipinski definition) is 3. The summed E-state index contributed by atoms with van der Waals surface area (Å²) in [4.78, 5) is 20.0. The first-order chi connectivity index (χ1) is 6.02. The zero-order valence-electron chi connectivity index (χ0n) is 6.44. The van der Waals surface area contributed by atoms with Gasteiger partial charge in [-0.25, -0.2) is 9.18 Å². The zero-order valence-corrected chi connectivity index (χ0v) is 6.44. The number of nitrogens with zero attached hydrogens (tertiary/aromatic N) is 1. The zero-order chi connectivity index (χ0) is 10.0. The van der Waals surface area contributed by atoms with E-state index in [9.17, 15) is 19.3 Å². The van der Waals surface area contributed by atoms with Gasteiger partial charge in [0.05, 0.1) is 0 Å². The summed E-state index contributed by atoms with van der Waals surface area (Å²) in [6, 6.07) is -1.34. The normalized spacial score (nSPS) is 21.8. The molecule has 0 aromatic heterocycles. The molecule has 1 aliphatic carbocycles. The van der Waals surface area contributed by atoms with Gasteiger partial charge in [-0.15, -0.1) is 0 Å². The van der Waals surface area contributed by atoms with Crippen LogP contribution in [-0.4, -0.2) is 22.0 Å². The molecule has 0 amide bonds. The molecule has 0 saturated heterocycles. The first-order valence-corrected chi connectivity index (χ1v) is 3.46. The van der Waals surface area contributed by atoms with Crippen LogP contribution in [0, 0.1) is 10.1 Å². The van der Waals surface area contributed by atoms with Crippen molar-refractivity contribution in [2.45, 2.75) is 12.5 Å². The molecular formula is C7H6FNO4. The highest BCUT2D eigenvalue weighted by molar-refractivity contribution is 5.88. The number of aliphatic carboxylic acids is 1. The van der Waals surface area contributed by atoms with E-state index in [1.807, 2.05) is 0 Å². The Kier molecular flexibility index (Phi) is 2.41. The fourth-order valence-electron chi connectivity index (χ4n) is 1.06. The predicted molar refractivity (Wildman–Crippen MR) is 40.3 cm³/mol. The van der Waals surface area contributed by atoms with Crippen LogP contribution in [0.2, 0.25) is 0 Å². The van der Waals surface area contributed by atoms with Crippen LogP contribution in [-0.2, 0) is 4.79 Å². The molecule has 1 atom stereocenters. The molecule has 0 heterocycles. The Labute approximate surface area is 72.3 Å². The second-order valence-electron chi connectivity index (χ2n) is 2.53. The Morgan fingerprint density at radius 3 is 2.85 bits per heavy atom. The van der Waals surface area contributed by atoms with Gasteiger partial charge in [0.2, 0.25) is 6.04 Å². The maximum atomic E-state index is 12.5. The molecule has 1 unspecified atom stereocenters. The number of rotatable bonds is 2. The van der Waals surface area contributed by atoms with E-state index in [4.69, 9.17) is 5.11 Å². The van der Waals surface area contributed by atoms with Crippen LogP contribution >= 0.6 is 0 Å². The van der Waals surface area contributed by atoms with Crippen molar-refractivity contribution in [1.29, 1.82) is 0 Å². The Bertz CT molecular complexity index is 320. The average Bonchev–Trinajstić information content (AvgIpc) is 2.03. The Balaban J connectivity index is 3.00. The van der Waals surface area contributed by atoms with Gasteiger partial charge in [-0.3, -0.25) is 10.1 Å².